The number of anilines is 1. The predicted octanol–water partition coefficient (Wildman–Crippen LogP) is 1.80. The lowest BCUT2D eigenvalue weighted by atomic mass is 10.2. The third-order valence-electron chi connectivity index (χ3n) is 3.45. The molecule has 0 radical (unpaired) electrons. The number of carbonyl (C=O) groups is 1. The van der Waals surface area contributed by atoms with Crippen molar-refractivity contribution in [2.75, 3.05) is 11.9 Å². The van der Waals surface area contributed by atoms with E-state index in [1.807, 2.05) is 0 Å². The molecular weight excluding hydrogens is 328 g/mol. The number of amidine groups is 1. The number of rotatable bonds is 4. The molecule has 1 aliphatic rings. The van der Waals surface area contributed by atoms with Gasteiger partial charge < -0.3 is 5.32 Å². The van der Waals surface area contributed by atoms with Crippen LogP contribution in [-0.2, 0) is 10.0 Å². The summed E-state index contributed by atoms with van der Waals surface area (Å²) in [5.74, 6) is 0.116. The first-order valence-electron chi connectivity index (χ1n) is 7.42. The number of benzene rings is 1. The molecule has 0 fully saturated rings. The van der Waals surface area contributed by atoms with Crippen LogP contribution in [0.3, 0.4) is 0 Å². The normalized spacial score (nSPS) is 14.1. The van der Waals surface area contributed by atoms with Gasteiger partial charge in [0.2, 0.25) is 0 Å². The first-order chi connectivity index (χ1) is 11.5. The molecule has 3 rings (SSSR count). The highest BCUT2D eigenvalue weighted by Gasteiger charge is 2.18. The highest BCUT2D eigenvalue weighted by molar-refractivity contribution is 7.90. The third kappa shape index (κ3) is 3.77. The third-order valence-corrected chi connectivity index (χ3v) is 4.83. The van der Waals surface area contributed by atoms with Gasteiger partial charge in [-0.2, -0.15) is 0 Å². The van der Waals surface area contributed by atoms with Crippen molar-refractivity contribution in [3.8, 4) is 0 Å². The Balaban J connectivity index is 1.77. The van der Waals surface area contributed by atoms with Crippen LogP contribution >= 0.6 is 0 Å². The summed E-state index contributed by atoms with van der Waals surface area (Å²) >= 11 is 0. The monoisotopic (exact) mass is 344 g/mol. The van der Waals surface area contributed by atoms with Gasteiger partial charge in [-0.25, -0.2) is 8.42 Å². The van der Waals surface area contributed by atoms with Gasteiger partial charge in [0.05, 0.1) is 10.5 Å². The zero-order valence-corrected chi connectivity index (χ0v) is 13.6. The fraction of sp³-hybridized carbons (Fsp3) is 0.188. The van der Waals surface area contributed by atoms with Gasteiger partial charge in [-0.15, -0.1) is 0 Å². The van der Waals surface area contributed by atoms with Crippen molar-refractivity contribution in [2.45, 2.75) is 17.7 Å². The number of carbonyl (C=O) groups excluding carboxylic acids is 1. The minimum absolute atomic E-state index is 0.0705. The van der Waals surface area contributed by atoms with E-state index in [1.54, 1.807) is 30.5 Å². The number of pyridine rings is 1. The van der Waals surface area contributed by atoms with Crippen LogP contribution in [-0.4, -0.2) is 31.7 Å². The topological polar surface area (TPSA) is 101 Å². The maximum atomic E-state index is 12.4. The van der Waals surface area contributed by atoms with Crippen LogP contribution < -0.4 is 10.0 Å². The zero-order chi connectivity index (χ0) is 17.0. The summed E-state index contributed by atoms with van der Waals surface area (Å²) in [4.78, 5) is 20.2. The molecule has 8 heteroatoms. The Bertz CT molecular complexity index is 879. The van der Waals surface area contributed by atoms with E-state index in [4.69, 9.17) is 0 Å². The van der Waals surface area contributed by atoms with Gasteiger partial charge in [0.1, 0.15) is 5.84 Å². The van der Waals surface area contributed by atoms with Gasteiger partial charge in [0.15, 0.2) is 0 Å². The predicted molar refractivity (Wildman–Crippen MR) is 90.5 cm³/mol. The Labute approximate surface area is 139 Å². The number of nitrogens with zero attached hydrogens (tertiary/aromatic N) is 2. The average Bonchev–Trinajstić information content (AvgIpc) is 3.08. The second-order valence-electron chi connectivity index (χ2n) is 5.26. The van der Waals surface area contributed by atoms with Gasteiger partial charge >= 0.3 is 0 Å². The van der Waals surface area contributed by atoms with Crippen molar-refractivity contribution >= 4 is 27.5 Å². The molecule has 24 heavy (non-hydrogen) atoms. The van der Waals surface area contributed by atoms with Crippen molar-refractivity contribution in [3.63, 3.8) is 0 Å². The van der Waals surface area contributed by atoms with Crippen molar-refractivity contribution < 1.29 is 13.2 Å². The zero-order valence-electron chi connectivity index (χ0n) is 12.8. The Morgan fingerprint density at radius 1 is 1.17 bits per heavy atom. The molecule has 0 spiro atoms. The molecule has 2 heterocycles. The molecule has 1 aliphatic heterocycles. The molecule has 1 aromatic heterocycles. The molecule has 0 saturated heterocycles. The number of aromatic nitrogens is 1. The first kappa shape index (κ1) is 16.1. The summed E-state index contributed by atoms with van der Waals surface area (Å²) in [7, 11) is -3.71. The summed E-state index contributed by atoms with van der Waals surface area (Å²) in [6.45, 7) is 0.638. The van der Waals surface area contributed by atoms with E-state index in [0.717, 1.165) is 6.42 Å². The van der Waals surface area contributed by atoms with Gasteiger partial charge in [-0.3, -0.25) is 19.5 Å². The number of nitrogens with one attached hydrogen (secondary N) is 2. The van der Waals surface area contributed by atoms with E-state index in [1.165, 1.54) is 18.3 Å². The van der Waals surface area contributed by atoms with E-state index in [2.05, 4.69) is 20.0 Å². The van der Waals surface area contributed by atoms with E-state index < -0.39 is 10.0 Å². The number of sulfonamides is 1. The molecule has 0 atom stereocenters. The summed E-state index contributed by atoms with van der Waals surface area (Å²) < 4.78 is 27.2. The lowest BCUT2D eigenvalue weighted by Crippen LogP contribution is -2.29. The van der Waals surface area contributed by atoms with Crippen molar-refractivity contribution in [3.05, 3.63) is 54.4 Å². The van der Waals surface area contributed by atoms with Crippen LogP contribution in [0.4, 0.5) is 5.69 Å². The highest BCUT2D eigenvalue weighted by atomic mass is 32.2. The maximum absolute atomic E-state index is 12.4. The van der Waals surface area contributed by atoms with Gasteiger partial charge in [-0.05, 0) is 36.8 Å². The van der Waals surface area contributed by atoms with Crippen LogP contribution in [0.15, 0.2) is 58.7 Å². The van der Waals surface area contributed by atoms with Gasteiger partial charge in [-0.1, -0.05) is 6.07 Å². The number of aliphatic imine (C=N–C) groups is 1. The van der Waals surface area contributed by atoms with Crippen LogP contribution in [0.25, 0.3) is 0 Å². The Morgan fingerprint density at radius 2 is 2.04 bits per heavy atom. The lowest BCUT2D eigenvalue weighted by Gasteiger charge is -2.10. The molecular formula is C16H16N4O3S. The Hall–Kier alpha value is -2.74. The Morgan fingerprint density at radius 3 is 2.75 bits per heavy atom. The number of amides is 1. The minimum atomic E-state index is -3.71. The van der Waals surface area contributed by atoms with E-state index in [0.29, 0.717) is 30.1 Å². The second kappa shape index (κ2) is 6.79. The largest absolute Gasteiger partial charge is 0.322 e. The van der Waals surface area contributed by atoms with E-state index >= 15 is 0 Å². The van der Waals surface area contributed by atoms with Crippen LogP contribution in [0, 0.1) is 0 Å². The van der Waals surface area contributed by atoms with Crippen LogP contribution in [0.2, 0.25) is 0 Å². The summed E-state index contributed by atoms with van der Waals surface area (Å²) in [6.07, 6.45) is 4.48. The molecule has 0 bridgehead atoms. The SMILES string of the molecule is O=C(Nc1cccc(S(=O)(=O)NC2=NCCC2)c1)c1cccnc1. The number of hydrogen-bond acceptors (Lipinski definition) is 5. The highest BCUT2D eigenvalue weighted by Crippen LogP contribution is 2.17. The second-order valence-corrected chi connectivity index (χ2v) is 6.94. The fourth-order valence-electron chi connectivity index (χ4n) is 2.28. The van der Waals surface area contributed by atoms with Crippen molar-refractivity contribution in [1.29, 1.82) is 0 Å². The van der Waals surface area contributed by atoms with Crippen molar-refractivity contribution in [2.24, 2.45) is 4.99 Å². The van der Waals surface area contributed by atoms with Gasteiger partial charge in [0.25, 0.3) is 15.9 Å². The number of hydrogen-bond donors (Lipinski definition) is 2. The quantitative estimate of drug-likeness (QED) is 0.883. The molecule has 1 amide bonds. The summed E-state index contributed by atoms with van der Waals surface area (Å²) in [5, 5.41) is 2.66. The lowest BCUT2D eigenvalue weighted by molar-refractivity contribution is 0.102. The van der Waals surface area contributed by atoms with E-state index in [-0.39, 0.29) is 10.8 Å². The molecule has 0 aliphatic carbocycles. The molecule has 2 aromatic rings. The fourth-order valence-corrected chi connectivity index (χ4v) is 3.41. The first-order valence-corrected chi connectivity index (χ1v) is 8.90. The maximum Gasteiger partial charge on any atom is 0.262 e. The molecule has 0 saturated carbocycles. The van der Waals surface area contributed by atoms with Crippen LogP contribution in [0.5, 0.6) is 0 Å². The molecule has 1 aromatic carbocycles. The summed E-state index contributed by atoms with van der Waals surface area (Å²) in [5.41, 5.74) is 0.782. The molecule has 7 nitrogen and oxygen atoms in total. The minimum Gasteiger partial charge on any atom is -0.322 e. The molecule has 124 valence electrons. The van der Waals surface area contributed by atoms with Crippen molar-refractivity contribution in [1.82, 2.24) is 9.71 Å². The summed E-state index contributed by atoms with van der Waals surface area (Å²) in [6, 6.07) is 9.36. The Kier molecular flexibility index (Phi) is 4.57. The van der Waals surface area contributed by atoms with E-state index in [9.17, 15) is 13.2 Å². The standard InChI is InChI=1S/C16H16N4O3S/c21-16(12-4-2-8-17-11-12)19-13-5-1-6-14(10-13)24(22,23)20-15-7-3-9-18-15/h1-2,4-6,8,10-11H,3,7,9H2,(H,18,20)(H,19,21). The molecule has 2 N–H and O–H groups in total. The smallest absolute Gasteiger partial charge is 0.262 e. The average molecular weight is 344 g/mol. The van der Waals surface area contributed by atoms with Crippen LogP contribution in [0.1, 0.15) is 23.2 Å². The molecule has 0 unspecified atom stereocenters. The van der Waals surface area contributed by atoms with Gasteiger partial charge in [0, 0.05) is 31.0 Å².